The van der Waals surface area contributed by atoms with Crippen LogP contribution in [-0.2, 0) is 22.4 Å². The van der Waals surface area contributed by atoms with Crippen LogP contribution in [0.2, 0.25) is 0 Å². The molecule has 0 aliphatic carbocycles. The number of benzene rings is 1. The van der Waals surface area contributed by atoms with E-state index in [9.17, 15) is 13.6 Å². The van der Waals surface area contributed by atoms with E-state index in [0.717, 1.165) is 25.1 Å². The summed E-state index contributed by atoms with van der Waals surface area (Å²) >= 11 is -2.12. The highest BCUT2D eigenvalue weighted by Gasteiger charge is 2.46. The number of ether oxygens (including phenoxy) is 2. The third-order valence-corrected chi connectivity index (χ3v) is 7.21. The average Bonchev–Trinajstić information content (AvgIpc) is 3.39. The largest absolute Gasteiger partial charge is 0.484 e. The summed E-state index contributed by atoms with van der Waals surface area (Å²) in [5.74, 6) is 0.976. The van der Waals surface area contributed by atoms with Gasteiger partial charge in [-0.15, -0.1) is 0 Å². The molecule has 2 bridgehead atoms. The summed E-state index contributed by atoms with van der Waals surface area (Å²) in [6.07, 6.45) is 2.43. The van der Waals surface area contributed by atoms with Crippen LogP contribution < -0.4 is 9.47 Å². The molecule has 9 heteroatoms. The number of hydrogen-bond donors (Lipinski definition) is 1. The Morgan fingerprint density at radius 3 is 2.77 bits per heavy atom. The first kappa shape index (κ1) is 20.4. The average molecular weight is 444 g/mol. The number of piperazine rings is 1. The van der Waals surface area contributed by atoms with Crippen LogP contribution >= 0.6 is 0 Å². The molecule has 0 spiro atoms. The summed E-state index contributed by atoms with van der Waals surface area (Å²) < 4.78 is 32.2. The number of pyridine rings is 1. The van der Waals surface area contributed by atoms with Gasteiger partial charge in [0, 0.05) is 37.9 Å². The summed E-state index contributed by atoms with van der Waals surface area (Å²) in [7, 11) is 0. The molecular formula is C22H25N3O5S. The predicted octanol–water partition coefficient (Wildman–Crippen LogP) is 1.99. The predicted molar refractivity (Wildman–Crippen MR) is 114 cm³/mol. The minimum Gasteiger partial charge on any atom is -0.484 e. The number of aromatic nitrogens is 1. The minimum atomic E-state index is -2.12. The lowest BCUT2D eigenvalue weighted by atomic mass is 10.1. The van der Waals surface area contributed by atoms with Crippen LogP contribution in [0.15, 0.2) is 42.6 Å². The van der Waals surface area contributed by atoms with Crippen LogP contribution in [0.1, 0.15) is 30.6 Å². The molecule has 164 valence electrons. The third kappa shape index (κ3) is 3.93. The Hall–Kier alpha value is -2.49. The van der Waals surface area contributed by atoms with Crippen molar-refractivity contribution in [3.05, 3.63) is 53.7 Å². The van der Waals surface area contributed by atoms with E-state index in [1.165, 1.54) is 12.5 Å². The standard InChI is InChI=1S/C22H25N3O5S/c1-14(31(27)28)22(26)25-12-17-9-18(25)11-24(17)10-15-4-6-16(7-5-15)20-13-29-19-3-2-8-23-21(19)30-20/h2-8,14,17-18,20H,9-13H2,1H3,(H,27,28)/t14?,17-,18-,20?/m0/s1. The lowest BCUT2D eigenvalue weighted by molar-refractivity contribution is -0.132. The molecule has 31 heavy (non-hydrogen) atoms. The van der Waals surface area contributed by atoms with Gasteiger partial charge in [-0.05, 0) is 36.6 Å². The fourth-order valence-corrected chi connectivity index (χ4v) is 4.99. The highest BCUT2D eigenvalue weighted by atomic mass is 32.2. The Labute approximate surface area is 183 Å². The maximum atomic E-state index is 12.4. The number of hydrogen-bond acceptors (Lipinski definition) is 6. The molecule has 5 rings (SSSR count). The summed E-state index contributed by atoms with van der Waals surface area (Å²) in [4.78, 5) is 20.8. The number of rotatable bonds is 5. The number of amides is 1. The molecule has 3 unspecified atom stereocenters. The summed E-state index contributed by atoms with van der Waals surface area (Å²) in [6.45, 7) is 4.21. The molecule has 0 saturated carbocycles. The van der Waals surface area contributed by atoms with Crippen molar-refractivity contribution in [2.75, 3.05) is 19.7 Å². The molecule has 8 nitrogen and oxygen atoms in total. The molecule has 5 atom stereocenters. The molecule has 0 radical (unpaired) electrons. The van der Waals surface area contributed by atoms with Gasteiger partial charge in [0.1, 0.15) is 11.9 Å². The summed E-state index contributed by atoms with van der Waals surface area (Å²) in [5.41, 5.74) is 2.25. The molecule has 2 fully saturated rings. The van der Waals surface area contributed by atoms with Crippen LogP contribution in [0.3, 0.4) is 0 Å². The molecule has 2 saturated heterocycles. The first-order chi connectivity index (χ1) is 15.0. The molecule has 3 aliphatic heterocycles. The van der Waals surface area contributed by atoms with E-state index in [1.54, 1.807) is 11.1 Å². The molecule has 4 heterocycles. The van der Waals surface area contributed by atoms with E-state index in [0.29, 0.717) is 30.8 Å². The Kier molecular flexibility index (Phi) is 5.41. The lowest BCUT2D eigenvalue weighted by Crippen LogP contribution is -2.51. The lowest BCUT2D eigenvalue weighted by Gasteiger charge is -2.35. The number of fused-ring (bicyclic) bond motifs is 3. The highest BCUT2D eigenvalue weighted by molar-refractivity contribution is 7.80. The monoisotopic (exact) mass is 443 g/mol. The molecule has 1 amide bonds. The zero-order chi connectivity index (χ0) is 21.5. The van der Waals surface area contributed by atoms with Gasteiger partial charge in [0.05, 0.1) is 0 Å². The zero-order valence-electron chi connectivity index (χ0n) is 17.2. The highest BCUT2D eigenvalue weighted by Crippen LogP contribution is 2.35. The zero-order valence-corrected chi connectivity index (χ0v) is 18.0. The van der Waals surface area contributed by atoms with Crippen molar-refractivity contribution in [2.24, 2.45) is 0 Å². The second-order valence-corrected chi connectivity index (χ2v) is 9.61. The van der Waals surface area contributed by atoms with Crippen LogP contribution in [0.5, 0.6) is 11.6 Å². The van der Waals surface area contributed by atoms with Gasteiger partial charge in [0.25, 0.3) is 5.88 Å². The van der Waals surface area contributed by atoms with E-state index >= 15 is 0 Å². The quantitative estimate of drug-likeness (QED) is 0.707. The van der Waals surface area contributed by atoms with Crippen molar-refractivity contribution >= 4 is 17.0 Å². The van der Waals surface area contributed by atoms with Gasteiger partial charge in [-0.2, -0.15) is 0 Å². The van der Waals surface area contributed by atoms with Crippen LogP contribution in [0.25, 0.3) is 0 Å². The van der Waals surface area contributed by atoms with Crippen LogP contribution in [0, 0.1) is 0 Å². The Morgan fingerprint density at radius 1 is 1.26 bits per heavy atom. The topological polar surface area (TPSA) is 92.2 Å². The van der Waals surface area contributed by atoms with Gasteiger partial charge in [0.2, 0.25) is 5.91 Å². The van der Waals surface area contributed by atoms with E-state index < -0.39 is 16.3 Å². The van der Waals surface area contributed by atoms with Crippen molar-refractivity contribution in [2.45, 2.75) is 43.3 Å². The Morgan fingerprint density at radius 2 is 2.06 bits per heavy atom. The van der Waals surface area contributed by atoms with Gasteiger partial charge >= 0.3 is 0 Å². The van der Waals surface area contributed by atoms with Gasteiger partial charge in [-0.25, -0.2) is 9.19 Å². The molecular weight excluding hydrogens is 418 g/mol. The normalized spacial score (nSPS) is 26.6. The first-order valence-corrected chi connectivity index (χ1v) is 11.6. The Bertz CT molecular complexity index is 1000. The molecule has 3 aliphatic rings. The SMILES string of the molecule is CC(C(=O)N1C[C@@H]2C[C@H]1CN2Cc1ccc(C2COc3cccnc3O2)cc1)S(=O)O. The van der Waals surface area contributed by atoms with Crippen LogP contribution in [-0.4, -0.2) is 66.5 Å². The summed E-state index contributed by atoms with van der Waals surface area (Å²) in [6, 6.07) is 12.5. The third-order valence-electron chi connectivity index (χ3n) is 6.40. The fraction of sp³-hybridized carbons (Fsp3) is 0.455. The van der Waals surface area contributed by atoms with Crippen molar-refractivity contribution < 1.29 is 23.0 Å². The van der Waals surface area contributed by atoms with E-state index in [1.807, 2.05) is 12.1 Å². The van der Waals surface area contributed by atoms with Crippen molar-refractivity contribution in [3.63, 3.8) is 0 Å². The van der Waals surface area contributed by atoms with E-state index in [2.05, 4.69) is 34.1 Å². The van der Waals surface area contributed by atoms with E-state index in [4.69, 9.17) is 9.47 Å². The maximum Gasteiger partial charge on any atom is 0.257 e. The first-order valence-electron chi connectivity index (χ1n) is 10.5. The second-order valence-electron chi connectivity index (χ2n) is 8.35. The smallest absolute Gasteiger partial charge is 0.257 e. The van der Waals surface area contributed by atoms with Gasteiger partial charge < -0.3 is 18.9 Å². The van der Waals surface area contributed by atoms with Gasteiger partial charge in [-0.3, -0.25) is 9.69 Å². The van der Waals surface area contributed by atoms with Gasteiger partial charge in [0.15, 0.2) is 22.9 Å². The van der Waals surface area contributed by atoms with Crippen molar-refractivity contribution in [3.8, 4) is 11.6 Å². The number of likely N-dealkylation sites (tertiary alicyclic amines) is 2. The van der Waals surface area contributed by atoms with Crippen LogP contribution in [0.4, 0.5) is 0 Å². The van der Waals surface area contributed by atoms with Gasteiger partial charge in [-0.1, -0.05) is 24.3 Å². The minimum absolute atomic E-state index is 0.128. The van der Waals surface area contributed by atoms with Crippen molar-refractivity contribution in [1.29, 1.82) is 0 Å². The fourth-order valence-electron chi connectivity index (χ4n) is 4.68. The molecule has 1 aromatic heterocycles. The van der Waals surface area contributed by atoms with Crippen molar-refractivity contribution in [1.82, 2.24) is 14.8 Å². The number of carbonyl (C=O) groups excluding carboxylic acids is 1. The summed E-state index contributed by atoms with van der Waals surface area (Å²) in [5, 5.41) is -0.867. The maximum absolute atomic E-state index is 12.4. The molecule has 1 aromatic carbocycles. The molecule has 1 N–H and O–H groups in total. The number of nitrogens with zero attached hydrogens (tertiary/aromatic N) is 3. The molecule has 2 aromatic rings. The number of carbonyl (C=O) groups is 1. The second kappa shape index (κ2) is 8.22. The van der Waals surface area contributed by atoms with E-state index in [-0.39, 0.29) is 18.1 Å². The Balaban J connectivity index is 1.19.